The smallest absolute Gasteiger partial charge is 0.277 e. The molecule has 4 rings (SSSR count). The largest absolute Gasteiger partial charge is 0.416 e. The number of aromatic nitrogens is 2. The maximum Gasteiger partial charge on any atom is 0.277 e. The van der Waals surface area contributed by atoms with Crippen molar-refractivity contribution >= 4 is 33.4 Å². The number of hydrogen-bond acceptors (Lipinski definition) is 7. The van der Waals surface area contributed by atoms with Crippen LogP contribution in [-0.4, -0.2) is 47.7 Å². The van der Waals surface area contributed by atoms with Gasteiger partial charge in [0.2, 0.25) is 21.8 Å². The van der Waals surface area contributed by atoms with Gasteiger partial charge < -0.3 is 9.73 Å². The predicted octanol–water partition coefficient (Wildman–Crippen LogP) is 3.18. The fourth-order valence-corrected chi connectivity index (χ4v) is 5.42. The van der Waals surface area contributed by atoms with E-state index < -0.39 is 10.0 Å². The number of carbonyl (C=O) groups is 1. The molecule has 0 saturated carbocycles. The van der Waals surface area contributed by atoms with E-state index in [-0.39, 0.29) is 16.6 Å². The number of sulfonamides is 1. The summed E-state index contributed by atoms with van der Waals surface area (Å²) in [6.45, 7) is 1.07. The van der Waals surface area contributed by atoms with E-state index in [4.69, 9.17) is 4.42 Å². The van der Waals surface area contributed by atoms with Gasteiger partial charge in [-0.25, -0.2) is 8.42 Å². The standard InChI is InChI=1S/C21H22N4O4S2/c26-19(15-30-21-24-23-20(29-21)13-16-7-2-1-3-8-16)22-17-9-6-10-18(14-17)31(27,28)25-11-4-5-12-25/h1-3,6-10,14H,4-5,11-13,15H2,(H,22,26). The zero-order chi connectivity index (χ0) is 21.7. The molecule has 0 aliphatic carbocycles. The number of carbonyl (C=O) groups excluding carboxylic acids is 1. The summed E-state index contributed by atoms with van der Waals surface area (Å²) in [6, 6.07) is 16.1. The SMILES string of the molecule is O=C(CSc1nnc(Cc2ccccc2)o1)Nc1cccc(S(=O)(=O)N2CCCC2)c1. The average Bonchev–Trinajstić information content (AvgIpc) is 3.46. The molecule has 0 unspecified atom stereocenters. The number of rotatable bonds is 8. The first kappa shape index (κ1) is 21.5. The van der Waals surface area contributed by atoms with Crippen LogP contribution in [0.15, 0.2) is 69.1 Å². The van der Waals surface area contributed by atoms with Crippen LogP contribution < -0.4 is 5.32 Å². The highest BCUT2D eigenvalue weighted by atomic mass is 32.2. The third-order valence-electron chi connectivity index (χ3n) is 4.79. The number of thioether (sulfide) groups is 1. The third-order valence-corrected chi connectivity index (χ3v) is 7.51. The van der Waals surface area contributed by atoms with E-state index in [1.165, 1.54) is 10.4 Å². The van der Waals surface area contributed by atoms with Crippen LogP contribution in [0.25, 0.3) is 0 Å². The van der Waals surface area contributed by atoms with Gasteiger partial charge in [0, 0.05) is 18.8 Å². The Morgan fingerprint density at radius 3 is 2.61 bits per heavy atom. The monoisotopic (exact) mass is 458 g/mol. The Labute approximate surface area is 185 Å². The minimum atomic E-state index is -3.53. The van der Waals surface area contributed by atoms with Crippen molar-refractivity contribution in [2.24, 2.45) is 0 Å². The van der Waals surface area contributed by atoms with E-state index in [1.54, 1.807) is 18.2 Å². The number of benzene rings is 2. The molecule has 2 heterocycles. The summed E-state index contributed by atoms with van der Waals surface area (Å²) in [5, 5.41) is 11.0. The maximum absolute atomic E-state index is 12.7. The molecule has 8 nitrogen and oxygen atoms in total. The molecular formula is C21H22N4O4S2. The number of nitrogens with one attached hydrogen (secondary N) is 1. The summed E-state index contributed by atoms with van der Waals surface area (Å²) < 4.78 is 32.5. The summed E-state index contributed by atoms with van der Waals surface area (Å²) >= 11 is 1.13. The minimum absolute atomic E-state index is 0.0655. The van der Waals surface area contributed by atoms with Crippen molar-refractivity contribution in [3.05, 3.63) is 66.1 Å². The first-order chi connectivity index (χ1) is 15.0. The van der Waals surface area contributed by atoms with Crippen LogP contribution in [0.5, 0.6) is 0 Å². The lowest BCUT2D eigenvalue weighted by Gasteiger charge is -2.16. The molecule has 1 aromatic heterocycles. The fraction of sp³-hybridized carbons (Fsp3) is 0.286. The van der Waals surface area contributed by atoms with Crippen molar-refractivity contribution in [2.75, 3.05) is 24.2 Å². The van der Waals surface area contributed by atoms with Crippen LogP contribution in [0.1, 0.15) is 24.3 Å². The third kappa shape index (κ3) is 5.52. The zero-order valence-corrected chi connectivity index (χ0v) is 18.4. The second-order valence-corrected chi connectivity index (χ2v) is 9.96. The first-order valence-corrected chi connectivity index (χ1v) is 12.3. The van der Waals surface area contributed by atoms with E-state index in [0.717, 1.165) is 30.2 Å². The quantitative estimate of drug-likeness (QED) is 0.517. The normalized spacial score (nSPS) is 14.6. The van der Waals surface area contributed by atoms with E-state index in [0.29, 0.717) is 36.3 Å². The van der Waals surface area contributed by atoms with Crippen molar-refractivity contribution < 1.29 is 17.6 Å². The van der Waals surface area contributed by atoms with E-state index in [2.05, 4.69) is 15.5 Å². The maximum atomic E-state index is 12.7. The average molecular weight is 459 g/mol. The summed E-state index contributed by atoms with van der Waals surface area (Å²) in [5.41, 5.74) is 1.49. The van der Waals surface area contributed by atoms with Gasteiger partial charge >= 0.3 is 0 Å². The van der Waals surface area contributed by atoms with Gasteiger partial charge in [-0.2, -0.15) is 4.31 Å². The second-order valence-electron chi connectivity index (χ2n) is 7.10. The van der Waals surface area contributed by atoms with Crippen LogP contribution in [-0.2, 0) is 21.2 Å². The van der Waals surface area contributed by atoms with E-state index >= 15 is 0 Å². The molecule has 0 radical (unpaired) electrons. The number of nitrogens with zero attached hydrogens (tertiary/aromatic N) is 3. The lowest BCUT2D eigenvalue weighted by Crippen LogP contribution is -2.28. The predicted molar refractivity (Wildman–Crippen MR) is 117 cm³/mol. The molecule has 0 bridgehead atoms. The molecule has 162 valence electrons. The van der Waals surface area contributed by atoms with Crippen molar-refractivity contribution in [3.63, 3.8) is 0 Å². The molecule has 1 saturated heterocycles. The Balaban J connectivity index is 1.32. The van der Waals surface area contributed by atoms with Gasteiger partial charge in [0.25, 0.3) is 5.22 Å². The summed E-state index contributed by atoms with van der Waals surface area (Å²) in [5.74, 6) is 0.258. The molecule has 1 amide bonds. The topological polar surface area (TPSA) is 105 Å². The Hall–Kier alpha value is -2.69. The number of anilines is 1. The zero-order valence-electron chi connectivity index (χ0n) is 16.7. The molecule has 0 spiro atoms. The van der Waals surface area contributed by atoms with Crippen LogP contribution >= 0.6 is 11.8 Å². The molecule has 1 fully saturated rings. The van der Waals surface area contributed by atoms with Gasteiger partial charge in [0.15, 0.2) is 0 Å². The van der Waals surface area contributed by atoms with Crippen molar-refractivity contribution in [3.8, 4) is 0 Å². The molecule has 1 N–H and O–H groups in total. The van der Waals surface area contributed by atoms with Gasteiger partial charge in [0.1, 0.15) is 0 Å². The van der Waals surface area contributed by atoms with Gasteiger partial charge in [-0.15, -0.1) is 10.2 Å². The van der Waals surface area contributed by atoms with E-state index in [9.17, 15) is 13.2 Å². The van der Waals surface area contributed by atoms with Gasteiger partial charge in [-0.1, -0.05) is 48.2 Å². The summed E-state index contributed by atoms with van der Waals surface area (Å²) in [4.78, 5) is 12.5. The Kier molecular flexibility index (Phi) is 6.69. The van der Waals surface area contributed by atoms with Gasteiger partial charge in [-0.3, -0.25) is 4.79 Å². The van der Waals surface area contributed by atoms with Crippen molar-refractivity contribution in [1.82, 2.24) is 14.5 Å². The second kappa shape index (κ2) is 9.63. The highest BCUT2D eigenvalue weighted by Crippen LogP contribution is 2.24. The summed E-state index contributed by atoms with van der Waals surface area (Å²) in [7, 11) is -3.53. The van der Waals surface area contributed by atoms with Crippen molar-refractivity contribution in [2.45, 2.75) is 29.4 Å². The van der Waals surface area contributed by atoms with Crippen LogP contribution in [0.2, 0.25) is 0 Å². The lowest BCUT2D eigenvalue weighted by molar-refractivity contribution is -0.113. The Bertz CT molecular complexity index is 1140. The van der Waals surface area contributed by atoms with Crippen LogP contribution in [0.4, 0.5) is 5.69 Å². The Morgan fingerprint density at radius 2 is 1.84 bits per heavy atom. The number of hydrogen-bond donors (Lipinski definition) is 1. The highest BCUT2D eigenvalue weighted by Gasteiger charge is 2.27. The molecule has 1 aliphatic rings. The van der Waals surface area contributed by atoms with Crippen LogP contribution in [0, 0.1) is 0 Å². The molecule has 2 aromatic carbocycles. The van der Waals surface area contributed by atoms with Gasteiger partial charge in [-0.05, 0) is 36.6 Å². The fourth-order valence-electron chi connectivity index (χ4n) is 3.27. The minimum Gasteiger partial charge on any atom is -0.416 e. The van der Waals surface area contributed by atoms with Crippen molar-refractivity contribution in [1.29, 1.82) is 0 Å². The molecule has 31 heavy (non-hydrogen) atoms. The molecular weight excluding hydrogens is 436 g/mol. The lowest BCUT2D eigenvalue weighted by atomic mass is 10.2. The van der Waals surface area contributed by atoms with E-state index in [1.807, 2.05) is 30.3 Å². The molecule has 0 atom stereocenters. The molecule has 3 aromatic rings. The van der Waals surface area contributed by atoms with Gasteiger partial charge in [0.05, 0.1) is 17.1 Å². The number of amides is 1. The molecule has 10 heteroatoms. The van der Waals surface area contributed by atoms with Crippen LogP contribution in [0.3, 0.4) is 0 Å². The first-order valence-electron chi connectivity index (χ1n) is 9.90. The highest BCUT2D eigenvalue weighted by molar-refractivity contribution is 7.99. The Morgan fingerprint density at radius 1 is 1.06 bits per heavy atom. The molecule has 1 aliphatic heterocycles. The summed E-state index contributed by atoms with van der Waals surface area (Å²) in [6.07, 6.45) is 2.27.